The third-order valence-corrected chi connectivity index (χ3v) is 5.62. The molecule has 23 heavy (non-hydrogen) atoms. The van der Waals surface area contributed by atoms with E-state index in [4.69, 9.17) is 0 Å². The molecule has 0 radical (unpaired) electrons. The van der Waals surface area contributed by atoms with Crippen molar-refractivity contribution in [2.24, 2.45) is 5.92 Å². The Labute approximate surface area is 138 Å². The van der Waals surface area contributed by atoms with Crippen LogP contribution in [0.2, 0.25) is 0 Å². The minimum Gasteiger partial charge on any atom is -0.324 e. The second-order valence-corrected chi connectivity index (χ2v) is 7.26. The van der Waals surface area contributed by atoms with Crippen molar-refractivity contribution in [1.82, 2.24) is 9.80 Å². The number of fused-ring (bicyclic) bond motifs is 1. The first kappa shape index (κ1) is 15.2. The highest BCUT2D eigenvalue weighted by Gasteiger charge is 2.41. The molecule has 1 saturated carbocycles. The molecule has 4 rings (SSSR count). The summed E-state index contributed by atoms with van der Waals surface area (Å²) in [4.78, 5) is 17.8. The zero-order chi connectivity index (χ0) is 15.8. The van der Waals surface area contributed by atoms with E-state index in [0.717, 1.165) is 38.4 Å². The van der Waals surface area contributed by atoms with E-state index < -0.39 is 0 Å². The lowest BCUT2D eigenvalue weighted by atomic mass is 10.1. The van der Waals surface area contributed by atoms with Gasteiger partial charge in [0.25, 0.3) is 0 Å². The number of anilines is 1. The molecule has 0 spiro atoms. The van der Waals surface area contributed by atoms with Gasteiger partial charge in [-0.2, -0.15) is 0 Å². The Bertz CT molecular complexity index is 590. The average molecular weight is 313 g/mol. The summed E-state index contributed by atoms with van der Waals surface area (Å²) in [5.74, 6) is 0.801. The molecule has 0 unspecified atom stereocenters. The first-order valence-electron chi connectivity index (χ1n) is 9.14. The number of nitrogens with zero attached hydrogens (tertiary/aromatic N) is 2. The van der Waals surface area contributed by atoms with Crippen molar-refractivity contribution in [3.8, 4) is 0 Å². The molecule has 1 aromatic carbocycles. The summed E-state index contributed by atoms with van der Waals surface area (Å²) in [6.45, 7) is 7.39. The van der Waals surface area contributed by atoms with E-state index in [1.807, 2.05) is 0 Å². The first-order valence-corrected chi connectivity index (χ1v) is 9.14. The molecule has 0 bridgehead atoms. The minimum absolute atomic E-state index is 0.0945. The molecular weight excluding hydrogens is 286 g/mol. The highest BCUT2D eigenvalue weighted by molar-refractivity contribution is 5.96. The lowest BCUT2D eigenvalue weighted by Gasteiger charge is -2.26. The predicted octanol–water partition coefficient (Wildman–Crippen LogP) is 2.84. The van der Waals surface area contributed by atoms with Crippen molar-refractivity contribution in [1.29, 1.82) is 0 Å². The smallest absolute Gasteiger partial charge is 0.242 e. The maximum absolute atomic E-state index is 13.0. The van der Waals surface area contributed by atoms with Gasteiger partial charge in [0, 0.05) is 18.8 Å². The quantitative estimate of drug-likeness (QED) is 0.908. The molecule has 1 amide bonds. The first-order chi connectivity index (χ1) is 11.3. The van der Waals surface area contributed by atoms with Crippen LogP contribution >= 0.6 is 0 Å². The lowest BCUT2D eigenvalue weighted by Crippen LogP contribution is -2.44. The normalized spacial score (nSPS) is 23.0. The van der Waals surface area contributed by atoms with Crippen molar-refractivity contribution >= 4 is 11.6 Å². The number of hydrogen-bond acceptors (Lipinski definition) is 3. The summed E-state index contributed by atoms with van der Waals surface area (Å²) in [5.41, 5.74) is 3.72. The maximum atomic E-state index is 13.0. The number of amides is 1. The number of likely N-dealkylation sites (tertiary alicyclic amines) is 1. The lowest BCUT2D eigenvalue weighted by molar-refractivity contribution is -0.121. The van der Waals surface area contributed by atoms with Gasteiger partial charge in [0.05, 0.1) is 6.04 Å². The number of carbonyl (C=O) groups excluding carboxylic acids is 1. The standard InChI is InChI=1S/C19H27N3O/c1-2-21-12-15-6-5-7-17(16(15)13-21)20-19(23)18(14-8-9-14)22-10-3-4-11-22/h5-7,14,18H,2-4,8-13H2,1H3,(H,20,23)/t18-/m0/s1. The molecule has 1 aromatic rings. The Morgan fingerprint density at radius 3 is 2.74 bits per heavy atom. The fourth-order valence-corrected chi connectivity index (χ4v) is 4.15. The fourth-order valence-electron chi connectivity index (χ4n) is 4.15. The number of benzene rings is 1. The highest BCUT2D eigenvalue weighted by Crippen LogP contribution is 2.37. The molecule has 124 valence electrons. The second kappa shape index (κ2) is 6.25. The van der Waals surface area contributed by atoms with Crippen LogP contribution in [0.15, 0.2) is 18.2 Å². The number of rotatable bonds is 5. The summed E-state index contributed by atoms with van der Waals surface area (Å²) < 4.78 is 0. The Kier molecular flexibility index (Phi) is 4.12. The number of nitrogens with one attached hydrogen (secondary N) is 1. The van der Waals surface area contributed by atoms with E-state index in [1.165, 1.54) is 36.8 Å². The van der Waals surface area contributed by atoms with Crippen molar-refractivity contribution in [3.63, 3.8) is 0 Å². The van der Waals surface area contributed by atoms with Crippen LogP contribution in [0.4, 0.5) is 5.69 Å². The van der Waals surface area contributed by atoms with Crippen LogP contribution in [0.25, 0.3) is 0 Å². The van der Waals surface area contributed by atoms with Gasteiger partial charge in [0.2, 0.25) is 5.91 Å². The third-order valence-electron chi connectivity index (χ3n) is 5.62. The SMILES string of the molecule is CCN1Cc2cccc(NC(=O)[C@H](C3CC3)N3CCCC3)c2C1. The highest BCUT2D eigenvalue weighted by atomic mass is 16.2. The molecular formula is C19H27N3O. The predicted molar refractivity (Wildman–Crippen MR) is 92.2 cm³/mol. The van der Waals surface area contributed by atoms with Crippen LogP contribution in [-0.4, -0.2) is 41.4 Å². The van der Waals surface area contributed by atoms with Crippen LogP contribution in [0.5, 0.6) is 0 Å². The van der Waals surface area contributed by atoms with Gasteiger partial charge in [0.1, 0.15) is 0 Å². The summed E-state index contributed by atoms with van der Waals surface area (Å²) in [6, 6.07) is 6.44. The molecule has 1 N–H and O–H groups in total. The van der Waals surface area contributed by atoms with Crippen LogP contribution in [-0.2, 0) is 17.9 Å². The summed E-state index contributed by atoms with van der Waals surface area (Å²) in [6.07, 6.45) is 4.90. The van der Waals surface area contributed by atoms with Crippen molar-refractivity contribution in [3.05, 3.63) is 29.3 Å². The summed E-state index contributed by atoms with van der Waals surface area (Å²) >= 11 is 0. The average Bonchev–Trinajstić information content (AvgIpc) is 3.07. The molecule has 1 aliphatic carbocycles. The Morgan fingerprint density at radius 1 is 1.26 bits per heavy atom. The third kappa shape index (κ3) is 3.02. The Balaban J connectivity index is 1.51. The van der Waals surface area contributed by atoms with Gasteiger partial charge in [-0.3, -0.25) is 14.6 Å². The van der Waals surface area contributed by atoms with Gasteiger partial charge >= 0.3 is 0 Å². The van der Waals surface area contributed by atoms with Crippen molar-refractivity contribution < 1.29 is 4.79 Å². The van der Waals surface area contributed by atoms with Crippen LogP contribution in [0, 0.1) is 5.92 Å². The molecule has 0 aromatic heterocycles. The minimum atomic E-state index is 0.0945. The monoisotopic (exact) mass is 313 g/mol. The number of carbonyl (C=O) groups is 1. The zero-order valence-electron chi connectivity index (χ0n) is 14.1. The van der Waals surface area contributed by atoms with Crippen LogP contribution in [0.1, 0.15) is 43.7 Å². The molecule has 4 heteroatoms. The van der Waals surface area contributed by atoms with Gasteiger partial charge in [-0.15, -0.1) is 0 Å². The van der Waals surface area contributed by atoms with Gasteiger partial charge in [-0.25, -0.2) is 0 Å². The van der Waals surface area contributed by atoms with Crippen LogP contribution in [0.3, 0.4) is 0 Å². The molecule has 2 heterocycles. The van der Waals surface area contributed by atoms with Crippen molar-refractivity contribution in [2.75, 3.05) is 25.0 Å². The zero-order valence-corrected chi connectivity index (χ0v) is 14.1. The van der Waals surface area contributed by atoms with Gasteiger partial charge in [-0.1, -0.05) is 19.1 Å². The van der Waals surface area contributed by atoms with E-state index in [-0.39, 0.29) is 11.9 Å². The molecule has 2 aliphatic heterocycles. The van der Waals surface area contributed by atoms with Gasteiger partial charge < -0.3 is 5.32 Å². The van der Waals surface area contributed by atoms with Crippen LogP contribution < -0.4 is 5.32 Å². The van der Waals surface area contributed by atoms with Gasteiger partial charge in [-0.05, 0) is 68.4 Å². The summed E-state index contributed by atoms with van der Waals surface area (Å²) in [5, 5.41) is 3.28. The van der Waals surface area contributed by atoms with E-state index >= 15 is 0 Å². The van der Waals surface area contributed by atoms with E-state index in [0.29, 0.717) is 5.92 Å². The Morgan fingerprint density at radius 2 is 2.04 bits per heavy atom. The van der Waals surface area contributed by atoms with E-state index in [1.54, 1.807) is 0 Å². The van der Waals surface area contributed by atoms with E-state index in [2.05, 4.69) is 40.2 Å². The summed E-state index contributed by atoms with van der Waals surface area (Å²) in [7, 11) is 0. The molecule has 1 saturated heterocycles. The van der Waals surface area contributed by atoms with Gasteiger partial charge in [0.15, 0.2) is 0 Å². The molecule has 4 nitrogen and oxygen atoms in total. The maximum Gasteiger partial charge on any atom is 0.242 e. The second-order valence-electron chi connectivity index (χ2n) is 7.26. The fraction of sp³-hybridized carbons (Fsp3) is 0.632. The largest absolute Gasteiger partial charge is 0.324 e. The molecule has 3 aliphatic rings. The Hall–Kier alpha value is -1.39. The van der Waals surface area contributed by atoms with E-state index in [9.17, 15) is 4.79 Å². The number of hydrogen-bond donors (Lipinski definition) is 1. The van der Waals surface area contributed by atoms with Crippen molar-refractivity contribution in [2.45, 2.75) is 51.7 Å². The topological polar surface area (TPSA) is 35.6 Å². The molecule has 2 fully saturated rings. The molecule has 1 atom stereocenters.